The molecule has 0 saturated carbocycles. The van der Waals surface area contributed by atoms with Gasteiger partial charge in [0, 0.05) is 23.8 Å². The quantitative estimate of drug-likeness (QED) is 0.785. The lowest BCUT2D eigenvalue weighted by atomic mass is 9.70. The molecule has 1 spiro atoms. The molecule has 7 atom stereocenters. The van der Waals surface area contributed by atoms with Crippen molar-refractivity contribution in [3.8, 4) is 0 Å². The monoisotopic (exact) mass is 339 g/mol. The summed E-state index contributed by atoms with van der Waals surface area (Å²) in [5.41, 5.74) is 1.03. The summed E-state index contributed by atoms with van der Waals surface area (Å²) in [6, 6.07) is 7.61. The maximum Gasteiger partial charge on any atom is 0.310 e. The van der Waals surface area contributed by atoms with Crippen LogP contribution in [0.5, 0.6) is 0 Å². The molecule has 0 aromatic heterocycles. The van der Waals surface area contributed by atoms with Gasteiger partial charge in [-0.2, -0.15) is 0 Å². The molecule has 6 nitrogen and oxygen atoms in total. The summed E-state index contributed by atoms with van der Waals surface area (Å²) in [4.78, 5) is 27.0. The summed E-state index contributed by atoms with van der Waals surface area (Å²) in [5.74, 6) is -2.42. The van der Waals surface area contributed by atoms with Crippen LogP contribution in [0.4, 0.5) is 5.69 Å². The number of amides is 1. The maximum atomic E-state index is 13.4. The Hall–Kier alpha value is -2.18. The zero-order valence-corrected chi connectivity index (χ0v) is 13.4. The van der Waals surface area contributed by atoms with Gasteiger partial charge < -0.3 is 19.5 Å². The highest BCUT2D eigenvalue weighted by Crippen LogP contribution is 2.62. The number of ether oxygens (including phenoxy) is 2. The highest BCUT2D eigenvalue weighted by atomic mass is 16.5. The van der Waals surface area contributed by atoms with E-state index in [0.29, 0.717) is 6.61 Å². The topological polar surface area (TPSA) is 76.1 Å². The Morgan fingerprint density at radius 2 is 2.16 bits per heavy atom. The number of anilines is 1. The second kappa shape index (κ2) is 4.31. The van der Waals surface area contributed by atoms with Crippen LogP contribution < -0.4 is 4.90 Å². The van der Waals surface area contributed by atoms with Gasteiger partial charge in [-0.15, -0.1) is 0 Å². The Labute approximate surface area is 144 Å². The van der Waals surface area contributed by atoms with Gasteiger partial charge in [0.2, 0.25) is 5.91 Å². The van der Waals surface area contributed by atoms with E-state index in [1.165, 1.54) is 0 Å². The third kappa shape index (κ3) is 1.42. The highest BCUT2D eigenvalue weighted by molar-refractivity contribution is 6.04. The van der Waals surface area contributed by atoms with E-state index in [1.54, 1.807) is 0 Å². The van der Waals surface area contributed by atoms with Crippen LogP contribution in [0.15, 0.2) is 36.4 Å². The number of carbonyl (C=O) groups excluding carboxylic acids is 1. The molecule has 1 aromatic carbocycles. The average molecular weight is 339 g/mol. The molecule has 3 saturated heterocycles. The molecule has 128 valence electrons. The maximum absolute atomic E-state index is 13.4. The van der Waals surface area contributed by atoms with Gasteiger partial charge in [0.25, 0.3) is 0 Å². The van der Waals surface area contributed by atoms with Crippen molar-refractivity contribution in [1.82, 2.24) is 0 Å². The molecule has 0 radical (unpaired) electrons. The minimum Gasteiger partial charge on any atom is -0.481 e. The molecular weight excluding hydrogens is 322 g/mol. The number of benzene rings is 1. The molecule has 6 rings (SSSR count). The number of aliphatic carboxylic acids is 1. The summed E-state index contributed by atoms with van der Waals surface area (Å²) in [5, 5.41) is 9.70. The van der Waals surface area contributed by atoms with Crippen molar-refractivity contribution in [2.24, 2.45) is 17.8 Å². The predicted octanol–water partition coefficient (Wildman–Crippen LogP) is 1.52. The van der Waals surface area contributed by atoms with Crippen molar-refractivity contribution in [2.75, 3.05) is 11.5 Å². The summed E-state index contributed by atoms with van der Waals surface area (Å²) in [6.07, 6.45) is 4.07. The molecule has 2 bridgehead atoms. The van der Waals surface area contributed by atoms with Crippen LogP contribution in [-0.4, -0.2) is 41.3 Å². The zero-order chi connectivity index (χ0) is 16.9. The third-order valence-electron chi connectivity index (χ3n) is 6.66. The summed E-state index contributed by atoms with van der Waals surface area (Å²) in [6.45, 7) is 0.651. The van der Waals surface area contributed by atoms with E-state index >= 15 is 0 Å². The lowest BCUT2D eigenvalue weighted by Gasteiger charge is -2.43. The molecule has 0 aliphatic carbocycles. The Balaban J connectivity index is 1.59. The Morgan fingerprint density at radius 3 is 3.00 bits per heavy atom. The highest BCUT2D eigenvalue weighted by Gasteiger charge is 2.74. The van der Waals surface area contributed by atoms with Gasteiger partial charge in [0.15, 0.2) is 0 Å². The third-order valence-corrected chi connectivity index (χ3v) is 6.66. The van der Waals surface area contributed by atoms with E-state index in [4.69, 9.17) is 9.47 Å². The van der Waals surface area contributed by atoms with Crippen LogP contribution in [0.25, 0.3) is 0 Å². The molecule has 25 heavy (non-hydrogen) atoms. The molecule has 5 heterocycles. The van der Waals surface area contributed by atoms with Gasteiger partial charge in [-0.25, -0.2) is 0 Å². The Kier molecular flexibility index (Phi) is 2.42. The minimum atomic E-state index is -0.957. The first-order valence-electron chi connectivity index (χ1n) is 8.77. The first-order chi connectivity index (χ1) is 12.1. The van der Waals surface area contributed by atoms with Crippen LogP contribution in [0.3, 0.4) is 0 Å². The summed E-state index contributed by atoms with van der Waals surface area (Å²) < 4.78 is 12.2. The molecule has 1 N–H and O–H groups in total. The van der Waals surface area contributed by atoms with Crippen LogP contribution in [0.2, 0.25) is 0 Å². The van der Waals surface area contributed by atoms with Crippen LogP contribution >= 0.6 is 0 Å². The van der Waals surface area contributed by atoms with E-state index in [9.17, 15) is 14.7 Å². The molecule has 1 aromatic rings. The van der Waals surface area contributed by atoms with Gasteiger partial charge in [-0.1, -0.05) is 30.4 Å². The first kappa shape index (κ1) is 14.0. The molecule has 1 amide bonds. The summed E-state index contributed by atoms with van der Waals surface area (Å²) in [7, 11) is 0. The Morgan fingerprint density at radius 1 is 1.32 bits per heavy atom. The fourth-order valence-electron chi connectivity index (χ4n) is 5.86. The second-order valence-corrected chi connectivity index (χ2v) is 7.59. The van der Waals surface area contributed by atoms with Crippen LogP contribution in [0.1, 0.15) is 18.1 Å². The van der Waals surface area contributed by atoms with Crippen molar-refractivity contribution in [2.45, 2.75) is 30.3 Å². The SMILES string of the molecule is O=C(O)[C@H]1[C@H]2C=C[C@]3(O2)[C@H]1C(=O)N1c2ccccc2[C@H]2OCC[C@H]2[C@@H]13. The first-order valence-corrected chi connectivity index (χ1v) is 8.77. The van der Waals surface area contributed by atoms with Gasteiger partial charge in [0.05, 0.1) is 24.2 Å². The largest absolute Gasteiger partial charge is 0.481 e. The van der Waals surface area contributed by atoms with Crippen molar-refractivity contribution < 1.29 is 24.2 Å². The predicted molar refractivity (Wildman–Crippen MR) is 85.9 cm³/mol. The number of carboxylic acid groups (broad SMARTS) is 1. The number of nitrogens with zero attached hydrogens (tertiary/aromatic N) is 1. The van der Waals surface area contributed by atoms with E-state index in [0.717, 1.165) is 17.7 Å². The van der Waals surface area contributed by atoms with E-state index < -0.39 is 29.5 Å². The van der Waals surface area contributed by atoms with Gasteiger partial charge in [-0.05, 0) is 12.5 Å². The zero-order valence-electron chi connectivity index (χ0n) is 13.4. The molecular formula is C19H17NO5. The van der Waals surface area contributed by atoms with Gasteiger partial charge in [0.1, 0.15) is 11.5 Å². The Bertz CT molecular complexity index is 850. The van der Waals surface area contributed by atoms with E-state index in [1.807, 2.05) is 41.3 Å². The number of carboxylic acids is 1. The summed E-state index contributed by atoms with van der Waals surface area (Å²) >= 11 is 0. The van der Waals surface area contributed by atoms with Crippen molar-refractivity contribution in [3.05, 3.63) is 42.0 Å². The van der Waals surface area contributed by atoms with E-state index in [-0.39, 0.29) is 24.0 Å². The number of hydrogen-bond donors (Lipinski definition) is 1. The van der Waals surface area contributed by atoms with Crippen molar-refractivity contribution in [3.63, 3.8) is 0 Å². The second-order valence-electron chi connectivity index (χ2n) is 7.59. The number of rotatable bonds is 1. The lowest BCUT2D eigenvalue weighted by molar-refractivity contribution is -0.146. The molecule has 3 fully saturated rings. The van der Waals surface area contributed by atoms with Crippen molar-refractivity contribution in [1.29, 1.82) is 0 Å². The number of para-hydroxylation sites is 1. The van der Waals surface area contributed by atoms with Crippen molar-refractivity contribution >= 4 is 17.6 Å². The van der Waals surface area contributed by atoms with Crippen LogP contribution in [0, 0.1) is 17.8 Å². The average Bonchev–Trinajstić information content (AvgIpc) is 3.35. The lowest BCUT2D eigenvalue weighted by Crippen LogP contribution is -2.53. The minimum absolute atomic E-state index is 0.0571. The molecule has 6 heteroatoms. The standard InChI is InChI=1S/C19H17NO5/c21-17-14-13(18(22)23)12-5-7-19(14,25-12)16-10-6-8-24-15(10)9-3-1-2-4-11(9)20(16)17/h1-5,7,10,12-16H,6,8H2,(H,22,23)/t10-,12-,13+,14-,15-,16-,19+/m1/s1. The number of carbonyl (C=O) groups is 2. The fourth-order valence-corrected chi connectivity index (χ4v) is 5.86. The van der Waals surface area contributed by atoms with Gasteiger partial charge in [-0.3, -0.25) is 9.59 Å². The fraction of sp³-hybridized carbons (Fsp3) is 0.474. The molecule has 5 aliphatic heterocycles. The van der Waals surface area contributed by atoms with E-state index in [2.05, 4.69) is 0 Å². The molecule has 0 unspecified atom stereocenters. The van der Waals surface area contributed by atoms with Gasteiger partial charge >= 0.3 is 5.97 Å². The number of hydrogen-bond acceptors (Lipinski definition) is 4. The van der Waals surface area contributed by atoms with Crippen LogP contribution in [-0.2, 0) is 19.1 Å². The normalized spacial score (nSPS) is 45.3. The number of fused-ring (bicyclic) bond motifs is 7. The molecule has 5 aliphatic rings. The smallest absolute Gasteiger partial charge is 0.310 e.